The number of carbonyl (C=O) groups is 3. The maximum atomic E-state index is 13.8. The third-order valence-electron chi connectivity index (χ3n) is 8.55. The Labute approximate surface area is 275 Å². The highest BCUT2D eigenvalue weighted by atomic mass is 35.5. The number of para-hydroxylation sites is 1. The van der Waals surface area contributed by atoms with Gasteiger partial charge in [0.15, 0.2) is 0 Å². The van der Waals surface area contributed by atoms with Crippen molar-refractivity contribution in [2.75, 3.05) is 19.0 Å². The molecule has 236 valence electrons. The zero-order chi connectivity index (χ0) is 31.7. The molecule has 1 saturated carbocycles. The second kappa shape index (κ2) is 13.5. The predicted molar refractivity (Wildman–Crippen MR) is 175 cm³/mol. The fourth-order valence-electron chi connectivity index (χ4n) is 5.90. The molecule has 0 bridgehead atoms. The number of hydrogen-bond acceptors (Lipinski definition) is 7. The minimum Gasteiger partial charge on any atom is -0.469 e. The number of halogens is 2. The first-order valence-electron chi connectivity index (χ1n) is 15.0. The number of benzene rings is 2. The first-order chi connectivity index (χ1) is 21.7. The number of rotatable bonds is 10. The molecule has 1 aliphatic carbocycles. The minimum absolute atomic E-state index is 0.0311. The summed E-state index contributed by atoms with van der Waals surface area (Å²) in [4.78, 5) is 46.1. The van der Waals surface area contributed by atoms with E-state index in [-0.39, 0.29) is 53.9 Å². The van der Waals surface area contributed by atoms with Crippen LogP contribution in [0.25, 0.3) is 10.9 Å². The molecule has 2 atom stereocenters. The SMILES string of the molecule is COC(=O)CCc1cnc([C@@H]2C[C@H](OC3CCC3)CN2C(=O)Cc2cc(Cl)c(NC(=O)c3cn(C)c4ccccc34)cc2Cl)s1. The lowest BCUT2D eigenvalue weighted by Gasteiger charge is -2.28. The lowest BCUT2D eigenvalue weighted by Crippen LogP contribution is -2.35. The Morgan fingerprint density at radius 3 is 2.67 bits per heavy atom. The Balaban J connectivity index is 1.17. The van der Waals surface area contributed by atoms with Crippen molar-refractivity contribution in [2.45, 2.75) is 63.2 Å². The van der Waals surface area contributed by atoms with Gasteiger partial charge in [-0.15, -0.1) is 11.3 Å². The zero-order valence-corrected chi connectivity index (χ0v) is 27.4. The molecule has 2 aliphatic rings. The summed E-state index contributed by atoms with van der Waals surface area (Å²) in [5, 5.41) is 5.15. The van der Waals surface area contributed by atoms with Crippen LogP contribution in [-0.4, -0.2) is 58.1 Å². The van der Waals surface area contributed by atoms with Gasteiger partial charge in [-0.3, -0.25) is 14.4 Å². The molecule has 2 fully saturated rings. The van der Waals surface area contributed by atoms with E-state index in [1.165, 1.54) is 18.4 Å². The number of aromatic nitrogens is 2. The summed E-state index contributed by atoms with van der Waals surface area (Å²) < 4.78 is 13.0. The van der Waals surface area contributed by atoms with Crippen molar-refractivity contribution in [3.63, 3.8) is 0 Å². The molecule has 45 heavy (non-hydrogen) atoms. The van der Waals surface area contributed by atoms with Crippen LogP contribution >= 0.6 is 34.5 Å². The van der Waals surface area contributed by atoms with Crippen LogP contribution in [0.3, 0.4) is 0 Å². The van der Waals surface area contributed by atoms with Gasteiger partial charge in [-0.25, -0.2) is 4.98 Å². The second-order valence-electron chi connectivity index (χ2n) is 11.6. The average Bonchev–Trinajstić information content (AvgIpc) is 3.73. The average molecular weight is 670 g/mol. The highest BCUT2D eigenvalue weighted by Gasteiger charge is 2.40. The third-order valence-corrected chi connectivity index (χ3v) is 10.4. The van der Waals surface area contributed by atoms with Crippen LogP contribution in [0.5, 0.6) is 0 Å². The van der Waals surface area contributed by atoms with E-state index in [4.69, 9.17) is 32.7 Å². The number of ether oxygens (including phenoxy) is 2. The molecule has 1 aliphatic heterocycles. The molecule has 2 aromatic heterocycles. The Morgan fingerprint density at radius 2 is 1.91 bits per heavy atom. The van der Waals surface area contributed by atoms with Crippen molar-refractivity contribution < 1.29 is 23.9 Å². The molecule has 2 amide bonds. The highest BCUT2D eigenvalue weighted by molar-refractivity contribution is 7.11. The van der Waals surface area contributed by atoms with Crippen LogP contribution in [0.2, 0.25) is 10.0 Å². The molecule has 1 N–H and O–H groups in total. The number of hydrogen-bond donors (Lipinski definition) is 1. The maximum absolute atomic E-state index is 13.8. The normalized spacial score (nSPS) is 18.3. The first kappa shape index (κ1) is 31.5. The number of anilines is 1. The number of thiazole rings is 1. The van der Waals surface area contributed by atoms with Gasteiger partial charge >= 0.3 is 5.97 Å². The van der Waals surface area contributed by atoms with E-state index in [1.54, 1.807) is 24.5 Å². The van der Waals surface area contributed by atoms with Gasteiger partial charge in [0, 0.05) is 53.2 Å². The molecule has 1 saturated heterocycles. The lowest BCUT2D eigenvalue weighted by atomic mass is 9.96. The van der Waals surface area contributed by atoms with E-state index in [2.05, 4.69) is 10.3 Å². The van der Waals surface area contributed by atoms with Crippen LogP contribution in [0.1, 0.15) is 64.0 Å². The fraction of sp³-hybridized carbons (Fsp3) is 0.394. The van der Waals surface area contributed by atoms with Gasteiger partial charge in [0.1, 0.15) is 5.01 Å². The van der Waals surface area contributed by atoms with Crippen LogP contribution in [0.4, 0.5) is 5.69 Å². The van der Waals surface area contributed by atoms with Crippen molar-refractivity contribution in [1.82, 2.24) is 14.5 Å². The van der Waals surface area contributed by atoms with E-state index < -0.39 is 0 Å². The van der Waals surface area contributed by atoms with Crippen LogP contribution < -0.4 is 5.32 Å². The molecule has 12 heteroatoms. The molecule has 9 nitrogen and oxygen atoms in total. The molecule has 2 aromatic carbocycles. The smallest absolute Gasteiger partial charge is 0.305 e. The van der Waals surface area contributed by atoms with Gasteiger partial charge in [-0.05, 0) is 49.4 Å². The molecule has 0 radical (unpaired) electrons. The second-order valence-corrected chi connectivity index (χ2v) is 13.5. The Hall–Kier alpha value is -3.44. The highest BCUT2D eigenvalue weighted by Crippen LogP contribution is 2.39. The summed E-state index contributed by atoms with van der Waals surface area (Å²) in [5.41, 5.74) is 2.39. The quantitative estimate of drug-likeness (QED) is 0.188. The topological polar surface area (TPSA) is 103 Å². The van der Waals surface area contributed by atoms with Gasteiger partial charge in [0.25, 0.3) is 5.91 Å². The van der Waals surface area contributed by atoms with Gasteiger partial charge in [-0.2, -0.15) is 0 Å². The number of likely N-dealkylation sites (tertiary alicyclic amines) is 1. The number of aryl methyl sites for hydroxylation is 2. The summed E-state index contributed by atoms with van der Waals surface area (Å²) in [7, 11) is 3.26. The zero-order valence-electron chi connectivity index (χ0n) is 25.1. The number of nitrogens with one attached hydrogen (secondary N) is 1. The van der Waals surface area contributed by atoms with E-state index in [0.717, 1.165) is 40.1 Å². The standard InChI is InChI=1S/C33H34Cl2N4O5S/c1-38-18-24(23-8-3-4-9-28(23)38)32(42)37-27-15-25(34)19(12-26(27)35)13-30(40)39-17-21(44-20-6-5-7-20)14-29(39)33-36-16-22(45-33)10-11-31(41)43-2/h3-4,8-9,12,15-16,18,20-21,29H,5-7,10-11,13-14,17H2,1-2H3,(H,37,42)/t21-,29-/m0/s1. The van der Waals surface area contributed by atoms with E-state index >= 15 is 0 Å². The largest absolute Gasteiger partial charge is 0.469 e. The summed E-state index contributed by atoms with van der Waals surface area (Å²) in [6.07, 6.45) is 8.44. The van der Waals surface area contributed by atoms with Gasteiger partial charge in [-0.1, -0.05) is 41.4 Å². The minimum atomic E-state index is -0.305. The van der Waals surface area contributed by atoms with E-state index in [0.29, 0.717) is 41.2 Å². The number of esters is 1. The van der Waals surface area contributed by atoms with Crippen LogP contribution in [-0.2, 0) is 39.0 Å². The van der Waals surface area contributed by atoms with Crippen LogP contribution in [0.15, 0.2) is 48.8 Å². The van der Waals surface area contributed by atoms with Crippen molar-refractivity contribution in [3.05, 3.63) is 79.8 Å². The fourth-order valence-corrected chi connectivity index (χ4v) is 7.41. The molecule has 0 unspecified atom stereocenters. The number of nitrogens with zero attached hydrogens (tertiary/aromatic N) is 3. The molecule has 3 heterocycles. The van der Waals surface area contributed by atoms with E-state index in [9.17, 15) is 14.4 Å². The summed E-state index contributed by atoms with van der Waals surface area (Å²) in [6.45, 7) is 0.460. The van der Waals surface area contributed by atoms with Crippen molar-refractivity contribution in [1.29, 1.82) is 0 Å². The number of fused-ring (bicyclic) bond motifs is 1. The van der Waals surface area contributed by atoms with Crippen molar-refractivity contribution in [3.8, 4) is 0 Å². The number of amides is 2. The monoisotopic (exact) mass is 668 g/mol. The summed E-state index contributed by atoms with van der Waals surface area (Å²) in [6, 6.07) is 10.7. The van der Waals surface area contributed by atoms with Gasteiger partial charge < -0.3 is 24.3 Å². The molecule has 0 spiro atoms. The van der Waals surface area contributed by atoms with Gasteiger partial charge in [0.2, 0.25) is 5.91 Å². The van der Waals surface area contributed by atoms with E-state index in [1.807, 2.05) is 40.8 Å². The number of methoxy groups -OCH3 is 1. The summed E-state index contributed by atoms with van der Waals surface area (Å²) >= 11 is 14.8. The van der Waals surface area contributed by atoms with Crippen molar-refractivity contribution >= 4 is 68.9 Å². The Bertz CT molecular complexity index is 1750. The molecular weight excluding hydrogens is 635 g/mol. The molecular formula is C33H34Cl2N4O5S. The third kappa shape index (κ3) is 6.89. The predicted octanol–water partition coefficient (Wildman–Crippen LogP) is 6.75. The number of carbonyl (C=O) groups excluding carboxylic acids is 3. The maximum Gasteiger partial charge on any atom is 0.305 e. The van der Waals surface area contributed by atoms with Crippen molar-refractivity contribution in [2.24, 2.45) is 7.05 Å². The molecule has 4 aromatic rings. The van der Waals surface area contributed by atoms with Crippen LogP contribution in [0, 0.1) is 0 Å². The van der Waals surface area contributed by atoms with Gasteiger partial charge in [0.05, 0.1) is 54.5 Å². The molecule has 6 rings (SSSR count). The Morgan fingerprint density at radius 1 is 1.11 bits per heavy atom. The lowest BCUT2D eigenvalue weighted by molar-refractivity contribution is -0.140. The summed E-state index contributed by atoms with van der Waals surface area (Å²) in [5.74, 6) is -0.691. The first-order valence-corrected chi connectivity index (χ1v) is 16.6. The Kier molecular flexibility index (Phi) is 9.46.